The number of hydrogen-bond donors (Lipinski definition) is 1. The van der Waals surface area contributed by atoms with E-state index in [0.29, 0.717) is 16.1 Å². The number of aromatic nitrogens is 2. The molecule has 0 bridgehead atoms. The Hall–Kier alpha value is -2.78. The van der Waals surface area contributed by atoms with Crippen LogP contribution in [0.3, 0.4) is 0 Å². The minimum absolute atomic E-state index is 0.182. The third-order valence-electron chi connectivity index (χ3n) is 3.94. The Kier molecular flexibility index (Phi) is 6.37. The molecule has 2 heterocycles. The molecule has 0 unspecified atom stereocenters. The predicted octanol–water partition coefficient (Wildman–Crippen LogP) is 3.67. The molecule has 3 aromatic rings. The van der Waals surface area contributed by atoms with Crippen LogP contribution in [-0.4, -0.2) is 41.4 Å². The predicted molar refractivity (Wildman–Crippen MR) is 110 cm³/mol. The molecule has 0 saturated carbocycles. The van der Waals surface area contributed by atoms with E-state index >= 15 is 0 Å². The molecule has 0 spiro atoms. The summed E-state index contributed by atoms with van der Waals surface area (Å²) in [4.78, 5) is 28.9. The molecule has 0 aliphatic heterocycles. The quantitative estimate of drug-likeness (QED) is 0.467. The summed E-state index contributed by atoms with van der Waals surface area (Å²) in [6.45, 7) is 0. The molecular weight excluding hydrogens is 398 g/mol. The lowest BCUT2D eigenvalue weighted by atomic mass is 10.0. The Labute approximate surface area is 170 Å². The number of esters is 1. The van der Waals surface area contributed by atoms with E-state index < -0.39 is 5.97 Å². The van der Waals surface area contributed by atoms with E-state index in [0.717, 1.165) is 16.5 Å². The second-order valence-corrected chi connectivity index (χ2v) is 7.55. The van der Waals surface area contributed by atoms with Crippen LogP contribution in [0.4, 0.5) is 5.00 Å². The number of carbonyl (C=O) groups is 2. The molecule has 3 rings (SSSR count). The third-order valence-corrected chi connectivity index (χ3v) is 5.90. The highest BCUT2D eigenvalue weighted by atomic mass is 32.2. The molecule has 0 fully saturated rings. The molecule has 9 heteroatoms. The summed E-state index contributed by atoms with van der Waals surface area (Å²) in [5.74, 6) is 0.181. The van der Waals surface area contributed by atoms with E-state index in [-0.39, 0.29) is 11.7 Å². The number of hydrogen-bond acceptors (Lipinski definition) is 7. The van der Waals surface area contributed by atoms with Gasteiger partial charge in [-0.1, -0.05) is 23.9 Å². The number of thiophene rings is 1. The van der Waals surface area contributed by atoms with Gasteiger partial charge >= 0.3 is 5.97 Å². The number of benzene rings is 1. The Morgan fingerprint density at radius 1 is 1.25 bits per heavy atom. The van der Waals surface area contributed by atoms with Gasteiger partial charge < -0.3 is 19.4 Å². The largest absolute Gasteiger partial charge is 0.497 e. The van der Waals surface area contributed by atoms with Crippen molar-refractivity contribution in [1.82, 2.24) is 9.55 Å². The monoisotopic (exact) mass is 417 g/mol. The summed E-state index contributed by atoms with van der Waals surface area (Å²) in [5.41, 5.74) is 1.87. The Bertz CT molecular complexity index is 979. The summed E-state index contributed by atoms with van der Waals surface area (Å²) in [5, 5.41) is 5.85. The minimum atomic E-state index is -0.501. The van der Waals surface area contributed by atoms with Crippen molar-refractivity contribution in [3.8, 4) is 16.9 Å². The summed E-state index contributed by atoms with van der Waals surface area (Å²) in [6, 6.07) is 7.34. The first-order chi connectivity index (χ1) is 13.5. The Balaban J connectivity index is 1.80. The van der Waals surface area contributed by atoms with Crippen LogP contribution in [-0.2, 0) is 16.6 Å². The smallest absolute Gasteiger partial charge is 0.341 e. The van der Waals surface area contributed by atoms with Crippen molar-refractivity contribution in [1.29, 1.82) is 0 Å². The first-order valence-corrected chi connectivity index (χ1v) is 10.1. The second kappa shape index (κ2) is 8.94. The van der Waals surface area contributed by atoms with Gasteiger partial charge in [-0.15, -0.1) is 11.3 Å². The van der Waals surface area contributed by atoms with Crippen LogP contribution in [0.25, 0.3) is 11.1 Å². The number of carbonyl (C=O) groups excluding carboxylic acids is 2. The minimum Gasteiger partial charge on any atom is -0.497 e. The number of nitrogens with one attached hydrogen (secondary N) is 1. The molecular formula is C19H19N3O4S2. The Morgan fingerprint density at radius 2 is 2.00 bits per heavy atom. The highest BCUT2D eigenvalue weighted by Gasteiger charge is 2.22. The van der Waals surface area contributed by atoms with Crippen molar-refractivity contribution in [2.24, 2.45) is 7.05 Å². The molecule has 0 atom stereocenters. The molecule has 2 aromatic heterocycles. The number of ether oxygens (including phenoxy) is 2. The zero-order valence-corrected chi connectivity index (χ0v) is 17.2. The maximum atomic E-state index is 12.4. The van der Waals surface area contributed by atoms with Gasteiger partial charge in [-0.3, -0.25) is 4.79 Å². The lowest BCUT2D eigenvalue weighted by Crippen LogP contribution is -2.16. The zero-order chi connectivity index (χ0) is 20.1. The van der Waals surface area contributed by atoms with Gasteiger partial charge in [0, 0.05) is 30.4 Å². The fourth-order valence-electron chi connectivity index (χ4n) is 2.52. The number of amides is 1. The molecule has 1 aromatic carbocycles. The number of thioether (sulfide) groups is 1. The number of aryl methyl sites for hydroxylation is 1. The topological polar surface area (TPSA) is 82.4 Å². The maximum Gasteiger partial charge on any atom is 0.341 e. The van der Waals surface area contributed by atoms with Gasteiger partial charge in [-0.2, -0.15) is 0 Å². The lowest BCUT2D eigenvalue weighted by Gasteiger charge is -2.08. The van der Waals surface area contributed by atoms with E-state index in [9.17, 15) is 9.59 Å². The molecule has 28 heavy (non-hydrogen) atoms. The van der Waals surface area contributed by atoms with Crippen LogP contribution in [0.5, 0.6) is 5.75 Å². The summed E-state index contributed by atoms with van der Waals surface area (Å²) >= 11 is 2.61. The van der Waals surface area contributed by atoms with Gasteiger partial charge in [-0.25, -0.2) is 9.78 Å². The van der Waals surface area contributed by atoms with Gasteiger partial charge in [0.25, 0.3) is 0 Å². The van der Waals surface area contributed by atoms with Crippen LogP contribution >= 0.6 is 23.1 Å². The molecule has 0 radical (unpaired) electrons. The number of imidazole rings is 1. The van der Waals surface area contributed by atoms with Crippen molar-refractivity contribution in [3.63, 3.8) is 0 Å². The van der Waals surface area contributed by atoms with E-state index in [4.69, 9.17) is 9.47 Å². The average molecular weight is 418 g/mol. The summed E-state index contributed by atoms with van der Waals surface area (Å²) in [7, 11) is 4.78. The van der Waals surface area contributed by atoms with Crippen LogP contribution in [0.1, 0.15) is 10.4 Å². The molecule has 1 N–H and O–H groups in total. The fourth-order valence-corrected chi connectivity index (χ4v) is 4.23. The van der Waals surface area contributed by atoms with E-state index in [1.165, 1.54) is 30.2 Å². The van der Waals surface area contributed by atoms with Crippen molar-refractivity contribution in [2.75, 3.05) is 25.3 Å². The molecule has 0 aliphatic rings. The lowest BCUT2D eigenvalue weighted by molar-refractivity contribution is -0.113. The highest BCUT2D eigenvalue weighted by Crippen LogP contribution is 2.37. The molecule has 7 nitrogen and oxygen atoms in total. The van der Waals surface area contributed by atoms with Crippen molar-refractivity contribution < 1.29 is 19.1 Å². The standard InChI is InChI=1S/C19H19N3O4S2/c1-22-9-8-20-19(22)28-11-15(23)21-17-16(18(24)26-3)14(10-27-17)12-4-6-13(25-2)7-5-12/h4-10H,11H2,1-3H3,(H,21,23). The fraction of sp³-hybridized carbons (Fsp3) is 0.211. The van der Waals surface area contributed by atoms with Crippen molar-refractivity contribution in [3.05, 3.63) is 47.6 Å². The van der Waals surface area contributed by atoms with Gasteiger partial charge in [0.1, 0.15) is 16.3 Å². The summed E-state index contributed by atoms with van der Waals surface area (Å²) in [6.07, 6.45) is 3.49. The molecule has 146 valence electrons. The molecule has 1 amide bonds. The van der Waals surface area contributed by atoms with Crippen molar-refractivity contribution in [2.45, 2.75) is 5.16 Å². The molecule has 0 saturated heterocycles. The Morgan fingerprint density at radius 3 is 2.61 bits per heavy atom. The number of methoxy groups -OCH3 is 2. The van der Waals surface area contributed by atoms with Crippen LogP contribution in [0.15, 0.2) is 47.2 Å². The van der Waals surface area contributed by atoms with Gasteiger partial charge in [0.15, 0.2) is 5.16 Å². The van der Waals surface area contributed by atoms with Crippen LogP contribution < -0.4 is 10.1 Å². The molecule has 0 aliphatic carbocycles. The third kappa shape index (κ3) is 4.37. The average Bonchev–Trinajstić information content (AvgIpc) is 3.32. The first kappa shape index (κ1) is 20.0. The van der Waals surface area contributed by atoms with Crippen LogP contribution in [0, 0.1) is 0 Å². The van der Waals surface area contributed by atoms with Gasteiger partial charge in [-0.05, 0) is 17.7 Å². The van der Waals surface area contributed by atoms with Crippen molar-refractivity contribution >= 4 is 40.0 Å². The number of anilines is 1. The van der Waals surface area contributed by atoms with E-state index in [1.807, 2.05) is 47.5 Å². The zero-order valence-electron chi connectivity index (χ0n) is 15.6. The van der Waals surface area contributed by atoms with E-state index in [1.54, 1.807) is 13.3 Å². The summed E-state index contributed by atoms with van der Waals surface area (Å²) < 4.78 is 11.9. The van der Waals surface area contributed by atoms with Gasteiger partial charge in [0.05, 0.1) is 20.0 Å². The van der Waals surface area contributed by atoms with Crippen LogP contribution in [0.2, 0.25) is 0 Å². The normalized spacial score (nSPS) is 10.5. The number of rotatable bonds is 7. The number of nitrogens with zero attached hydrogens (tertiary/aromatic N) is 2. The maximum absolute atomic E-state index is 12.4. The van der Waals surface area contributed by atoms with Gasteiger partial charge in [0.2, 0.25) is 5.91 Å². The highest BCUT2D eigenvalue weighted by molar-refractivity contribution is 7.99. The second-order valence-electron chi connectivity index (χ2n) is 5.73. The van der Waals surface area contributed by atoms with E-state index in [2.05, 4.69) is 10.3 Å². The SMILES string of the molecule is COC(=O)c1c(-c2ccc(OC)cc2)csc1NC(=O)CSc1nccn1C. The first-order valence-electron chi connectivity index (χ1n) is 8.27.